The quantitative estimate of drug-likeness (QED) is 0.493. The number of nitrogens with zero attached hydrogens (tertiary/aromatic N) is 4. The average molecular weight is 470 g/mol. The van der Waals surface area contributed by atoms with Crippen molar-refractivity contribution in [2.75, 3.05) is 44.2 Å². The summed E-state index contributed by atoms with van der Waals surface area (Å²) in [5.74, 6) is 1.62. The Morgan fingerprint density at radius 3 is 2.73 bits per heavy atom. The molecule has 1 aromatic heterocycles. The Balaban J connectivity index is 1.34. The molecule has 2 amide bonds. The summed E-state index contributed by atoms with van der Waals surface area (Å²) < 4.78 is 5.58. The van der Waals surface area contributed by atoms with Crippen molar-refractivity contribution in [3.8, 4) is 0 Å². The van der Waals surface area contributed by atoms with Crippen LogP contribution in [0.3, 0.4) is 0 Å². The van der Waals surface area contributed by atoms with Gasteiger partial charge in [-0.15, -0.1) is 0 Å². The van der Waals surface area contributed by atoms with Crippen LogP contribution in [0, 0.1) is 6.92 Å². The highest BCUT2D eigenvalue weighted by atomic mass is 32.2. The van der Waals surface area contributed by atoms with Crippen molar-refractivity contribution >= 4 is 29.4 Å². The van der Waals surface area contributed by atoms with Gasteiger partial charge in [0.15, 0.2) is 5.16 Å². The van der Waals surface area contributed by atoms with Gasteiger partial charge in [-0.1, -0.05) is 23.9 Å². The van der Waals surface area contributed by atoms with Crippen LogP contribution >= 0.6 is 11.8 Å². The number of benzene rings is 1. The third kappa shape index (κ3) is 6.45. The number of rotatable bonds is 7. The molecule has 1 atom stereocenters. The summed E-state index contributed by atoms with van der Waals surface area (Å²) in [5, 5.41) is 3.69. The highest BCUT2D eigenvalue weighted by molar-refractivity contribution is 7.98. The van der Waals surface area contributed by atoms with Gasteiger partial charge in [0.2, 0.25) is 5.91 Å². The van der Waals surface area contributed by atoms with Gasteiger partial charge in [-0.25, -0.2) is 9.97 Å². The van der Waals surface area contributed by atoms with Crippen molar-refractivity contribution in [2.45, 2.75) is 43.7 Å². The molecule has 2 fully saturated rings. The van der Waals surface area contributed by atoms with E-state index >= 15 is 0 Å². The van der Waals surface area contributed by atoms with Crippen molar-refractivity contribution in [3.63, 3.8) is 0 Å². The normalized spacial score (nSPS) is 18.4. The molecule has 0 saturated carbocycles. The Morgan fingerprint density at radius 1 is 1.18 bits per heavy atom. The fraction of sp³-hybridized carbons (Fsp3) is 0.500. The van der Waals surface area contributed by atoms with Crippen LogP contribution in [0.5, 0.6) is 0 Å². The third-order valence-corrected chi connectivity index (χ3v) is 6.86. The zero-order chi connectivity index (χ0) is 23.2. The second-order valence-electron chi connectivity index (χ2n) is 8.48. The van der Waals surface area contributed by atoms with Gasteiger partial charge in [0.1, 0.15) is 5.82 Å². The summed E-state index contributed by atoms with van der Waals surface area (Å²) in [6.07, 6.45) is 2.19. The number of aryl methyl sites for hydroxylation is 1. The van der Waals surface area contributed by atoms with E-state index in [9.17, 15) is 9.59 Å². The lowest BCUT2D eigenvalue weighted by atomic mass is 10.1. The van der Waals surface area contributed by atoms with E-state index < -0.39 is 0 Å². The maximum absolute atomic E-state index is 12.5. The molecule has 1 N–H and O–H groups in total. The molecule has 2 aromatic rings. The first-order valence-electron chi connectivity index (χ1n) is 11.5. The maximum atomic E-state index is 12.5. The Labute approximate surface area is 199 Å². The smallest absolute Gasteiger partial charge is 0.251 e. The lowest BCUT2D eigenvalue weighted by molar-refractivity contribution is -0.129. The van der Waals surface area contributed by atoms with E-state index in [-0.39, 0.29) is 17.9 Å². The van der Waals surface area contributed by atoms with Crippen LogP contribution in [-0.2, 0) is 15.3 Å². The van der Waals surface area contributed by atoms with Gasteiger partial charge in [-0.2, -0.15) is 0 Å². The average Bonchev–Trinajstić information content (AvgIpc) is 3.35. The predicted octanol–water partition coefficient (Wildman–Crippen LogP) is 2.65. The van der Waals surface area contributed by atoms with Crippen molar-refractivity contribution in [1.82, 2.24) is 20.2 Å². The van der Waals surface area contributed by atoms with E-state index in [4.69, 9.17) is 9.72 Å². The first-order valence-corrected chi connectivity index (χ1v) is 12.4. The lowest BCUT2D eigenvalue weighted by Crippen LogP contribution is -2.48. The molecule has 0 radical (unpaired) electrons. The monoisotopic (exact) mass is 469 g/mol. The molecular formula is C24H31N5O3S. The number of thioether (sulfide) groups is 1. The number of hydrogen-bond donors (Lipinski definition) is 1. The number of piperazine rings is 1. The Hall–Kier alpha value is -2.65. The lowest BCUT2D eigenvalue weighted by Gasteiger charge is -2.35. The molecule has 0 bridgehead atoms. The standard InChI is InChI=1S/C24H31N5O3S/c1-17-13-22(29-10-8-28(9-11-29)18(2)30)27-24(26-17)33-16-19-5-3-6-20(14-19)23(31)25-15-21-7-4-12-32-21/h3,5-6,13-14,21H,4,7-12,15-16H2,1-2H3,(H,25,31). The number of hydrogen-bond acceptors (Lipinski definition) is 7. The summed E-state index contributed by atoms with van der Waals surface area (Å²) in [6, 6.07) is 9.68. The van der Waals surface area contributed by atoms with Crippen molar-refractivity contribution in [2.24, 2.45) is 0 Å². The second kappa shape index (κ2) is 11.0. The highest BCUT2D eigenvalue weighted by Gasteiger charge is 2.20. The molecule has 33 heavy (non-hydrogen) atoms. The molecule has 2 aliphatic rings. The number of nitrogens with one attached hydrogen (secondary N) is 1. The van der Waals surface area contributed by atoms with Crippen LogP contribution in [-0.4, -0.2) is 72.1 Å². The first kappa shape index (κ1) is 23.5. The van der Waals surface area contributed by atoms with Gasteiger partial charge in [0.25, 0.3) is 5.91 Å². The molecule has 1 unspecified atom stereocenters. The summed E-state index contributed by atoms with van der Waals surface area (Å²) in [6.45, 7) is 7.88. The number of ether oxygens (including phenoxy) is 1. The van der Waals surface area contributed by atoms with E-state index in [1.807, 2.05) is 42.2 Å². The van der Waals surface area contributed by atoms with Crippen molar-refractivity contribution < 1.29 is 14.3 Å². The van der Waals surface area contributed by atoms with Crippen LogP contribution in [0.15, 0.2) is 35.5 Å². The molecule has 1 aromatic carbocycles. The van der Waals surface area contributed by atoms with Crippen LogP contribution in [0.1, 0.15) is 41.4 Å². The fourth-order valence-corrected chi connectivity index (χ4v) is 4.91. The molecule has 8 nitrogen and oxygen atoms in total. The van der Waals surface area contributed by atoms with E-state index in [0.29, 0.717) is 36.1 Å². The first-order chi connectivity index (χ1) is 16.0. The third-order valence-electron chi connectivity index (χ3n) is 5.94. The van der Waals surface area contributed by atoms with Crippen LogP contribution < -0.4 is 10.2 Å². The maximum Gasteiger partial charge on any atom is 0.251 e. The number of carbonyl (C=O) groups excluding carboxylic acids is 2. The Bertz CT molecular complexity index is 988. The SMILES string of the molecule is CC(=O)N1CCN(c2cc(C)nc(SCc3cccc(C(=O)NCC4CCCO4)c3)n2)CC1. The van der Waals surface area contributed by atoms with Gasteiger partial charge in [0, 0.05) is 69.3 Å². The zero-order valence-corrected chi connectivity index (χ0v) is 20.1. The van der Waals surface area contributed by atoms with Gasteiger partial charge in [-0.05, 0) is 37.5 Å². The van der Waals surface area contributed by atoms with Gasteiger partial charge in [-0.3, -0.25) is 9.59 Å². The Morgan fingerprint density at radius 2 is 2.00 bits per heavy atom. The van der Waals surface area contributed by atoms with Gasteiger partial charge in [0.05, 0.1) is 6.10 Å². The molecule has 2 saturated heterocycles. The minimum absolute atomic E-state index is 0.0730. The molecule has 0 spiro atoms. The van der Waals surface area contributed by atoms with Crippen LogP contribution in [0.2, 0.25) is 0 Å². The van der Waals surface area contributed by atoms with E-state index in [0.717, 1.165) is 49.6 Å². The van der Waals surface area contributed by atoms with E-state index in [1.54, 1.807) is 18.7 Å². The second-order valence-corrected chi connectivity index (χ2v) is 9.42. The van der Waals surface area contributed by atoms with Crippen molar-refractivity contribution in [1.29, 1.82) is 0 Å². The zero-order valence-electron chi connectivity index (χ0n) is 19.2. The largest absolute Gasteiger partial charge is 0.376 e. The topological polar surface area (TPSA) is 87.7 Å². The van der Waals surface area contributed by atoms with E-state index in [2.05, 4.69) is 15.2 Å². The summed E-state index contributed by atoms with van der Waals surface area (Å²) in [5.41, 5.74) is 2.62. The molecular weight excluding hydrogens is 438 g/mol. The minimum atomic E-state index is -0.0730. The molecule has 176 valence electrons. The summed E-state index contributed by atoms with van der Waals surface area (Å²) in [7, 11) is 0. The predicted molar refractivity (Wildman–Crippen MR) is 129 cm³/mol. The number of aromatic nitrogens is 2. The molecule has 2 aliphatic heterocycles. The Kier molecular flexibility index (Phi) is 7.82. The minimum Gasteiger partial charge on any atom is -0.376 e. The van der Waals surface area contributed by atoms with Gasteiger partial charge >= 0.3 is 0 Å². The van der Waals surface area contributed by atoms with Gasteiger partial charge < -0.3 is 19.9 Å². The fourth-order valence-electron chi connectivity index (χ4n) is 4.07. The van der Waals surface area contributed by atoms with E-state index in [1.165, 1.54) is 0 Å². The number of amides is 2. The number of anilines is 1. The molecule has 0 aliphatic carbocycles. The molecule has 3 heterocycles. The summed E-state index contributed by atoms with van der Waals surface area (Å²) in [4.78, 5) is 37.5. The summed E-state index contributed by atoms with van der Waals surface area (Å²) >= 11 is 1.56. The molecule has 4 rings (SSSR count). The van der Waals surface area contributed by atoms with Crippen molar-refractivity contribution in [3.05, 3.63) is 47.2 Å². The number of carbonyl (C=O) groups is 2. The van der Waals surface area contributed by atoms with Crippen LogP contribution in [0.25, 0.3) is 0 Å². The van der Waals surface area contributed by atoms with Crippen LogP contribution in [0.4, 0.5) is 5.82 Å². The highest BCUT2D eigenvalue weighted by Crippen LogP contribution is 2.24. The molecule has 9 heteroatoms.